The number of rotatable bonds is 3. The molecule has 0 aliphatic carbocycles. The van der Waals surface area contributed by atoms with E-state index in [1.807, 2.05) is 36.4 Å². The second-order valence-corrected chi connectivity index (χ2v) is 12.5. The molecule has 2 heterocycles. The van der Waals surface area contributed by atoms with Gasteiger partial charge in [-0.2, -0.15) is 10.5 Å². The van der Waals surface area contributed by atoms with Crippen LogP contribution in [0.3, 0.4) is 0 Å². The summed E-state index contributed by atoms with van der Waals surface area (Å²) in [5, 5.41) is 24.0. The van der Waals surface area contributed by atoms with E-state index in [1.165, 1.54) is 28.9 Å². The van der Waals surface area contributed by atoms with Gasteiger partial charge in [-0.15, -0.1) is 0 Å². The first-order valence-corrected chi connectivity index (χ1v) is 16.6. The average molecular weight is 766 g/mol. The van der Waals surface area contributed by atoms with Crippen LogP contribution >= 0.6 is 39.1 Å². The summed E-state index contributed by atoms with van der Waals surface area (Å²) in [4.78, 5) is 3.38. The highest BCUT2D eigenvalue weighted by atomic mass is 79.9. The van der Waals surface area contributed by atoms with Gasteiger partial charge in [-0.3, -0.25) is 0 Å². The molecule has 0 fully saturated rings. The minimum atomic E-state index is 0. The lowest BCUT2D eigenvalue weighted by Crippen LogP contribution is -2.00. The number of aromatic nitrogens is 2. The third-order valence-corrected chi connectivity index (χ3v) is 8.95. The third kappa shape index (κ3) is 6.99. The van der Waals surface area contributed by atoms with Gasteiger partial charge in [0.2, 0.25) is 0 Å². The van der Waals surface area contributed by atoms with Crippen LogP contribution < -0.4 is 9.47 Å². The summed E-state index contributed by atoms with van der Waals surface area (Å²) in [5.74, 6) is 1.04. The largest absolute Gasteiger partial charge is 0.494 e. The molecule has 0 aliphatic rings. The zero-order chi connectivity index (χ0) is 34.5. The fourth-order valence-electron chi connectivity index (χ4n) is 5.87. The Morgan fingerprint density at radius 2 is 1.04 bits per heavy atom. The highest BCUT2D eigenvalue weighted by Gasteiger charge is 2.18. The number of nitrogens with one attached hydrogen (secondary N) is 1. The lowest BCUT2D eigenvalue weighted by molar-refractivity contribution is 0.411. The smallest absolute Gasteiger partial charge is 0.160 e. The number of H-pyrrole nitrogens is 1. The number of hydrogen-bond acceptors (Lipinski definition) is 4. The van der Waals surface area contributed by atoms with Gasteiger partial charge in [0.05, 0.1) is 46.5 Å². The quantitative estimate of drug-likeness (QED) is 0.194. The van der Waals surface area contributed by atoms with Crippen LogP contribution in [0.15, 0.2) is 126 Å². The molecular formula is C41H33BrCl2N4O2. The van der Waals surface area contributed by atoms with Crippen molar-refractivity contribution in [1.29, 1.82) is 10.5 Å². The number of halogens is 3. The molecule has 0 saturated heterocycles. The summed E-state index contributed by atoms with van der Waals surface area (Å²) in [5.41, 5.74) is 6.12. The predicted molar refractivity (Wildman–Crippen MR) is 212 cm³/mol. The molecule has 0 unspecified atom stereocenters. The van der Waals surface area contributed by atoms with E-state index in [0.29, 0.717) is 37.1 Å². The molecule has 0 aliphatic heterocycles. The first kappa shape index (κ1) is 35.9. The zero-order valence-electron chi connectivity index (χ0n) is 26.3. The van der Waals surface area contributed by atoms with Crippen molar-refractivity contribution >= 4 is 82.7 Å². The van der Waals surface area contributed by atoms with Crippen molar-refractivity contribution in [2.24, 2.45) is 0 Å². The fraction of sp³-hybridized carbons (Fsp3) is 0.0732. The van der Waals surface area contributed by atoms with Gasteiger partial charge in [0.15, 0.2) is 11.5 Å². The molecule has 1 N–H and O–H groups in total. The molecule has 0 amide bonds. The van der Waals surface area contributed by atoms with Gasteiger partial charge in [-0.25, -0.2) is 0 Å². The van der Waals surface area contributed by atoms with Crippen LogP contribution in [-0.2, 0) is 0 Å². The van der Waals surface area contributed by atoms with Crippen molar-refractivity contribution in [2.45, 2.75) is 7.43 Å². The van der Waals surface area contributed by atoms with Gasteiger partial charge >= 0.3 is 0 Å². The summed E-state index contributed by atoms with van der Waals surface area (Å²) < 4.78 is 13.3. The molecule has 9 heteroatoms. The summed E-state index contributed by atoms with van der Waals surface area (Å²) in [6.07, 6.45) is 0. The predicted octanol–water partition coefficient (Wildman–Crippen LogP) is 12.5. The zero-order valence-corrected chi connectivity index (χ0v) is 29.4. The lowest BCUT2D eigenvalue weighted by Gasteiger charge is -2.14. The second kappa shape index (κ2) is 15.8. The lowest BCUT2D eigenvalue weighted by atomic mass is 10.1. The van der Waals surface area contributed by atoms with Crippen molar-refractivity contribution < 1.29 is 10.9 Å². The number of ether oxygens (including phenoxy) is 2. The molecule has 0 saturated carbocycles. The van der Waals surface area contributed by atoms with Crippen LogP contribution in [0.4, 0.5) is 0 Å². The first-order chi connectivity index (χ1) is 23.9. The molecule has 0 spiro atoms. The van der Waals surface area contributed by atoms with Crippen molar-refractivity contribution in [2.75, 3.05) is 14.2 Å². The normalized spacial score (nSPS) is 10.3. The van der Waals surface area contributed by atoms with E-state index in [0.717, 1.165) is 27.5 Å². The van der Waals surface area contributed by atoms with Gasteiger partial charge in [0.1, 0.15) is 12.1 Å². The van der Waals surface area contributed by atoms with Crippen molar-refractivity contribution in [3.05, 3.63) is 147 Å². The third-order valence-electron chi connectivity index (χ3n) is 7.93. The number of aromatic amines is 1. The van der Waals surface area contributed by atoms with Crippen LogP contribution in [0.5, 0.6) is 11.5 Å². The molecule has 6 aromatic carbocycles. The van der Waals surface area contributed by atoms with Gasteiger partial charge in [0.25, 0.3) is 0 Å². The maximum Gasteiger partial charge on any atom is 0.160 e. The number of benzene rings is 6. The Bertz CT molecular complexity index is 2470. The molecule has 2 aromatic heterocycles. The number of nitrogens with zero attached hydrogens (tertiary/aromatic N) is 3. The monoisotopic (exact) mass is 763 g/mol. The number of hydrogen-bond donors (Lipinski definition) is 1. The van der Waals surface area contributed by atoms with Crippen LogP contribution in [0, 0.1) is 22.7 Å². The Kier molecular flexibility index (Phi) is 11.4. The van der Waals surface area contributed by atoms with E-state index in [1.54, 1.807) is 25.3 Å². The Hall–Kier alpha value is -5.44. The van der Waals surface area contributed by atoms with E-state index < -0.39 is 0 Å². The maximum absolute atomic E-state index is 9.42. The number of nitriles is 2. The highest BCUT2D eigenvalue weighted by Crippen LogP contribution is 2.38. The number of methoxy groups -OCH3 is 2. The molecule has 8 aromatic rings. The maximum atomic E-state index is 9.42. The van der Waals surface area contributed by atoms with E-state index >= 15 is 0 Å². The molecule has 0 bridgehead atoms. The minimum absolute atomic E-state index is 0. The number of para-hydroxylation sites is 4. The SMILES string of the molecule is C.COc1c(Br)cc(Cl)cc1C#N.COc1c(C#N)cc(Cl)cc1-n1c2ccccc2c2ccccc21.[2HH].c1ccc2c(c1)[nH]c1ccccc12. The highest BCUT2D eigenvalue weighted by molar-refractivity contribution is 9.10. The standard InChI is InChI=1S/C20H13ClN2O.C12H9N.C8H5BrClNO.CH4.H2/c1-24-20-13(12-22)10-14(21)11-19(20)23-17-8-4-2-6-15(17)16-7-3-5-9-18(16)23;1-3-7-11-9(5-1)10-6-2-4-8-12(10)13-11;1-12-8-5(4-11)2-6(10)3-7(8)9;;/h2-11H,1H3;1-8,13H;2-3H,1H3;1H4;1H/i;;;;1+1. The average Bonchev–Trinajstić information content (AvgIpc) is 3.67. The number of fused-ring (bicyclic) bond motifs is 6. The Morgan fingerprint density at radius 3 is 1.52 bits per heavy atom. The van der Waals surface area contributed by atoms with E-state index in [2.05, 4.69) is 104 Å². The Balaban J connectivity index is 0.000000184. The van der Waals surface area contributed by atoms with Crippen molar-refractivity contribution in [3.8, 4) is 29.3 Å². The summed E-state index contributed by atoms with van der Waals surface area (Å²) in [7, 11) is 3.08. The topological polar surface area (TPSA) is 86.8 Å². The van der Waals surface area contributed by atoms with Crippen LogP contribution in [-0.4, -0.2) is 23.8 Å². The summed E-state index contributed by atoms with van der Waals surface area (Å²) in [6, 6.07) is 44.0. The molecular weight excluding hydrogens is 731 g/mol. The van der Waals surface area contributed by atoms with E-state index in [4.69, 9.17) is 37.9 Å². The minimum Gasteiger partial charge on any atom is -0.494 e. The fourth-order valence-corrected chi connectivity index (χ4v) is 7.06. The Labute approximate surface area is 310 Å². The molecule has 50 heavy (non-hydrogen) atoms. The van der Waals surface area contributed by atoms with Gasteiger partial charge in [-0.1, -0.05) is 103 Å². The van der Waals surface area contributed by atoms with Crippen LogP contribution in [0.25, 0.3) is 49.3 Å². The summed E-state index contributed by atoms with van der Waals surface area (Å²) >= 11 is 15.2. The van der Waals surface area contributed by atoms with Crippen LogP contribution in [0.1, 0.15) is 20.0 Å². The van der Waals surface area contributed by atoms with Gasteiger partial charge in [-0.05, 0) is 64.5 Å². The van der Waals surface area contributed by atoms with Crippen molar-refractivity contribution in [1.82, 2.24) is 9.55 Å². The molecule has 0 radical (unpaired) electrons. The van der Waals surface area contributed by atoms with Crippen molar-refractivity contribution in [3.63, 3.8) is 0 Å². The summed E-state index contributed by atoms with van der Waals surface area (Å²) in [6.45, 7) is 0. The first-order valence-electron chi connectivity index (χ1n) is 15.0. The Morgan fingerprint density at radius 1 is 0.620 bits per heavy atom. The second-order valence-electron chi connectivity index (χ2n) is 10.8. The van der Waals surface area contributed by atoms with Gasteiger partial charge < -0.3 is 19.0 Å². The van der Waals surface area contributed by atoms with E-state index in [9.17, 15) is 5.26 Å². The molecule has 6 nitrogen and oxygen atoms in total. The molecule has 8 rings (SSSR count). The molecule has 250 valence electrons. The van der Waals surface area contributed by atoms with E-state index in [-0.39, 0.29) is 8.85 Å². The van der Waals surface area contributed by atoms with Gasteiger partial charge in [0, 0.05) is 44.1 Å². The van der Waals surface area contributed by atoms with Crippen LogP contribution in [0.2, 0.25) is 10.0 Å². The molecule has 0 atom stereocenters.